The van der Waals surface area contributed by atoms with Crippen LogP contribution in [0.2, 0.25) is 0 Å². The molecule has 0 aliphatic rings. The van der Waals surface area contributed by atoms with Crippen LogP contribution in [-0.2, 0) is 16.5 Å². The van der Waals surface area contributed by atoms with Crippen molar-refractivity contribution in [3.63, 3.8) is 0 Å². The molecule has 0 saturated carbocycles. The molecule has 4 aromatic rings. The van der Waals surface area contributed by atoms with Gasteiger partial charge in [-0.3, -0.25) is 24.3 Å². The number of hydrogen-bond donors (Lipinski definition) is 3. The molecule has 1 aromatic heterocycles. The van der Waals surface area contributed by atoms with Crippen LogP contribution in [0.15, 0.2) is 50.9 Å². The van der Waals surface area contributed by atoms with Crippen LogP contribution < -0.4 is 11.1 Å². The Morgan fingerprint density at radius 2 is 1.69 bits per heavy atom. The van der Waals surface area contributed by atoms with Crippen LogP contribution >= 0.6 is 0 Å². The fourth-order valence-corrected chi connectivity index (χ4v) is 5.04. The van der Waals surface area contributed by atoms with Crippen LogP contribution in [0, 0.1) is 24.0 Å². The number of nitro groups is 1. The number of rotatable bonds is 4. The van der Waals surface area contributed by atoms with Crippen molar-refractivity contribution in [2.75, 3.05) is 0 Å². The lowest BCUT2D eigenvalue weighted by molar-refractivity contribution is -0.385. The van der Waals surface area contributed by atoms with E-state index in [0.29, 0.717) is 16.3 Å². The number of aromatic nitrogens is 2. The first kappa shape index (κ1) is 21.4. The minimum atomic E-state index is -4.65. The second-order valence-electron chi connectivity index (χ2n) is 7.45. The van der Waals surface area contributed by atoms with Gasteiger partial charge in [0, 0.05) is 18.1 Å². The van der Waals surface area contributed by atoms with Crippen molar-refractivity contribution in [3.8, 4) is 0 Å². The van der Waals surface area contributed by atoms with Crippen molar-refractivity contribution >= 4 is 37.6 Å². The molecule has 0 radical (unpaired) electrons. The summed E-state index contributed by atoms with van der Waals surface area (Å²) in [6.07, 6.45) is -0.160. The summed E-state index contributed by atoms with van der Waals surface area (Å²) in [4.78, 5) is 39.1. The Hall–Kier alpha value is -3.83. The molecule has 4 rings (SSSR count). The van der Waals surface area contributed by atoms with Crippen molar-refractivity contribution < 1.29 is 17.9 Å². The summed E-state index contributed by atoms with van der Waals surface area (Å²) in [5.41, 5.74) is -1.08. The molecule has 0 aliphatic heterocycles. The Kier molecular flexibility index (Phi) is 4.94. The highest BCUT2D eigenvalue weighted by molar-refractivity contribution is 7.86. The van der Waals surface area contributed by atoms with Crippen molar-refractivity contribution in [1.29, 1.82) is 0 Å². The van der Waals surface area contributed by atoms with E-state index in [1.54, 1.807) is 37.3 Å². The normalized spacial score (nSPS) is 11.8. The van der Waals surface area contributed by atoms with Crippen LogP contribution in [0.3, 0.4) is 0 Å². The van der Waals surface area contributed by atoms with Crippen molar-refractivity contribution in [2.45, 2.75) is 25.2 Å². The summed E-state index contributed by atoms with van der Waals surface area (Å²) in [5.74, 6) is 0. The van der Waals surface area contributed by atoms with E-state index in [1.165, 1.54) is 6.92 Å². The molecule has 164 valence electrons. The number of aromatic amines is 2. The summed E-state index contributed by atoms with van der Waals surface area (Å²) in [5, 5.41) is 12.9. The largest absolute Gasteiger partial charge is 0.316 e. The third-order valence-electron chi connectivity index (χ3n) is 5.53. The quantitative estimate of drug-likeness (QED) is 0.184. The molecule has 0 aliphatic carbocycles. The van der Waals surface area contributed by atoms with E-state index in [4.69, 9.17) is 0 Å². The maximum atomic E-state index is 12.3. The van der Waals surface area contributed by atoms with Crippen LogP contribution in [0.4, 0.5) is 5.69 Å². The number of nitrogens with one attached hydrogen (secondary N) is 2. The van der Waals surface area contributed by atoms with Gasteiger partial charge < -0.3 is 9.97 Å². The van der Waals surface area contributed by atoms with Gasteiger partial charge >= 0.3 is 11.1 Å². The van der Waals surface area contributed by atoms with Crippen LogP contribution in [0.25, 0.3) is 21.8 Å². The van der Waals surface area contributed by atoms with Crippen molar-refractivity contribution in [2.24, 2.45) is 0 Å². The second kappa shape index (κ2) is 7.39. The molecule has 3 aromatic carbocycles. The number of nitrogens with zero attached hydrogens (tertiary/aromatic N) is 1. The summed E-state index contributed by atoms with van der Waals surface area (Å²) in [6.45, 7) is 3.03. The predicted octanol–water partition coefficient (Wildman–Crippen LogP) is 2.73. The Balaban J connectivity index is 2.11. The smallest absolute Gasteiger partial charge is 0.314 e. The number of nitro benzene ring substituents is 1. The van der Waals surface area contributed by atoms with Crippen molar-refractivity contribution in [1.82, 2.24) is 9.97 Å². The van der Waals surface area contributed by atoms with Gasteiger partial charge in [0.05, 0.1) is 16.0 Å². The molecule has 3 N–H and O–H groups in total. The van der Waals surface area contributed by atoms with E-state index in [9.17, 15) is 32.7 Å². The summed E-state index contributed by atoms with van der Waals surface area (Å²) in [6, 6.07) is 9.73. The van der Waals surface area contributed by atoms with E-state index >= 15 is 0 Å². The molecule has 0 atom stereocenters. The SMILES string of the molecule is Cc1c([N+](=O)[O-])cc2[nH]c(=O)c(=O)[nH]c2c1Cc1cc2ccccc2c(C)c1S(=O)(=O)O. The third kappa shape index (κ3) is 3.47. The molecule has 0 fully saturated rings. The average Bonchev–Trinajstić information content (AvgIpc) is 2.70. The first-order chi connectivity index (χ1) is 15.0. The molecule has 0 unspecified atom stereocenters. The molecular formula is C21H17N3O7S. The highest BCUT2D eigenvalue weighted by Gasteiger charge is 2.25. The monoisotopic (exact) mass is 455 g/mol. The molecule has 0 bridgehead atoms. The van der Waals surface area contributed by atoms with Gasteiger partial charge in [-0.25, -0.2) is 0 Å². The van der Waals surface area contributed by atoms with E-state index in [-0.39, 0.29) is 44.7 Å². The first-order valence-electron chi connectivity index (χ1n) is 9.41. The van der Waals surface area contributed by atoms with Crippen molar-refractivity contribution in [3.05, 3.63) is 89.5 Å². The zero-order valence-electron chi connectivity index (χ0n) is 16.9. The highest BCUT2D eigenvalue weighted by Crippen LogP contribution is 2.34. The number of benzene rings is 3. The third-order valence-corrected chi connectivity index (χ3v) is 6.61. The standard InChI is InChI=1S/C21H17N3O7S/c1-10-15(18-16(9-17(10)24(27)28)22-20(25)21(26)23-18)8-13-7-12-5-3-4-6-14(12)11(2)19(13)32(29,30)31/h3-7,9H,8H2,1-2H3,(H,22,25)(H,23,26)(H,29,30,31). The van der Waals surface area contributed by atoms with Crippen LogP contribution in [0.1, 0.15) is 22.3 Å². The van der Waals surface area contributed by atoms with E-state index in [2.05, 4.69) is 9.97 Å². The van der Waals surface area contributed by atoms with Gasteiger partial charge in [-0.05, 0) is 47.4 Å². The maximum absolute atomic E-state index is 12.3. The Morgan fingerprint density at radius 3 is 2.34 bits per heavy atom. The van der Waals surface area contributed by atoms with Crippen LogP contribution in [-0.4, -0.2) is 27.9 Å². The Labute approximate surface area is 180 Å². The lowest BCUT2D eigenvalue weighted by Crippen LogP contribution is -2.29. The zero-order chi connectivity index (χ0) is 23.4. The van der Waals surface area contributed by atoms with Gasteiger partial charge in [0.15, 0.2) is 0 Å². The summed E-state index contributed by atoms with van der Waals surface area (Å²) < 4.78 is 34.5. The molecule has 11 heteroatoms. The number of H-pyrrole nitrogens is 2. The number of fused-ring (bicyclic) bond motifs is 2. The topological polar surface area (TPSA) is 163 Å². The molecule has 10 nitrogen and oxygen atoms in total. The fourth-order valence-electron chi connectivity index (χ4n) is 4.08. The average molecular weight is 455 g/mol. The van der Waals surface area contributed by atoms with Gasteiger partial charge in [0.25, 0.3) is 15.8 Å². The van der Waals surface area contributed by atoms with Gasteiger partial charge in [0.2, 0.25) is 0 Å². The lowest BCUT2D eigenvalue weighted by Gasteiger charge is -2.16. The second-order valence-corrected chi connectivity index (χ2v) is 8.81. The Bertz CT molecular complexity index is 1670. The molecule has 0 spiro atoms. The molecular weight excluding hydrogens is 438 g/mol. The summed E-state index contributed by atoms with van der Waals surface area (Å²) >= 11 is 0. The molecule has 0 amide bonds. The maximum Gasteiger partial charge on any atom is 0.314 e. The molecule has 1 heterocycles. The van der Waals surface area contributed by atoms with E-state index < -0.39 is 26.2 Å². The zero-order valence-corrected chi connectivity index (χ0v) is 17.7. The number of hydrogen-bond acceptors (Lipinski definition) is 6. The van der Waals surface area contributed by atoms with E-state index in [1.807, 2.05) is 0 Å². The first-order valence-corrected chi connectivity index (χ1v) is 10.8. The minimum Gasteiger partial charge on any atom is -0.316 e. The Morgan fingerprint density at radius 1 is 1.03 bits per heavy atom. The van der Waals surface area contributed by atoms with Gasteiger partial charge in [-0.1, -0.05) is 24.3 Å². The predicted molar refractivity (Wildman–Crippen MR) is 118 cm³/mol. The minimum absolute atomic E-state index is 0.0350. The fraction of sp³-hybridized carbons (Fsp3) is 0.143. The molecule has 32 heavy (non-hydrogen) atoms. The lowest BCUT2D eigenvalue weighted by atomic mass is 9.94. The number of aryl methyl sites for hydroxylation is 1. The van der Waals surface area contributed by atoms with Gasteiger partial charge in [-0.2, -0.15) is 8.42 Å². The highest BCUT2D eigenvalue weighted by atomic mass is 32.2. The van der Waals surface area contributed by atoms with Crippen LogP contribution in [0.5, 0.6) is 0 Å². The molecule has 0 saturated heterocycles. The summed E-state index contributed by atoms with van der Waals surface area (Å²) in [7, 11) is -4.65. The van der Waals surface area contributed by atoms with Gasteiger partial charge in [0.1, 0.15) is 4.90 Å². The van der Waals surface area contributed by atoms with Gasteiger partial charge in [-0.15, -0.1) is 0 Å². The van der Waals surface area contributed by atoms with E-state index in [0.717, 1.165) is 6.07 Å².